The highest BCUT2D eigenvalue weighted by atomic mass is 35.5. The number of hydrogen-bond acceptors (Lipinski definition) is 3. The van der Waals surface area contributed by atoms with Crippen LogP contribution < -0.4 is 5.32 Å². The smallest absolute Gasteiger partial charge is 0.152 e. The third kappa shape index (κ3) is 2.87. The van der Waals surface area contributed by atoms with Crippen molar-refractivity contribution in [1.82, 2.24) is 0 Å². The molecular weight excluding hydrogens is 272 g/mol. The van der Waals surface area contributed by atoms with Crippen LogP contribution in [0.15, 0.2) is 12.1 Å². The number of benzene rings is 1. The van der Waals surface area contributed by atoms with Crippen LogP contribution in [0.25, 0.3) is 0 Å². The molecule has 1 saturated heterocycles. The van der Waals surface area contributed by atoms with Crippen LogP contribution in [0.4, 0.5) is 14.5 Å². The average molecular weight is 282 g/mol. The van der Waals surface area contributed by atoms with E-state index in [4.69, 9.17) is 11.6 Å². The Morgan fingerprint density at radius 3 is 2.59 bits per heavy atom. The van der Waals surface area contributed by atoms with Gasteiger partial charge in [0.25, 0.3) is 0 Å². The van der Waals surface area contributed by atoms with Crippen molar-refractivity contribution in [3.05, 3.63) is 28.8 Å². The average Bonchev–Trinajstić information content (AvgIpc) is 2.52. The summed E-state index contributed by atoms with van der Waals surface area (Å²) in [5.41, 5.74) is -0.0461. The molecule has 2 rings (SSSR count). The zero-order chi connectivity index (χ0) is 12.6. The minimum absolute atomic E-state index is 0.0461. The number of anilines is 1. The summed E-state index contributed by atoms with van der Waals surface area (Å²) < 4.78 is 48.7. The van der Waals surface area contributed by atoms with E-state index in [1.165, 1.54) is 0 Å². The van der Waals surface area contributed by atoms with Gasteiger partial charge < -0.3 is 5.32 Å². The van der Waals surface area contributed by atoms with Crippen molar-refractivity contribution >= 4 is 27.1 Å². The minimum Gasteiger partial charge on any atom is -0.378 e. The first kappa shape index (κ1) is 12.6. The van der Waals surface area contributed by atoms with Gasteiger partial charge in [-0.05, 0) is 12.5 Å². The lowest BCUT2D eigenvalue weighted by atomic mass is 10.2. The Labute approximate surface area is 103 Å². The lowest BCUT2D eigenvalue weighted by molar-refractivity contribution is 0.583. The Balaban J connectivity index is 2.20. The second kappa shape index (κ2) is 4.42. The van der Waals surface area contributed by atoms with Gasteiger partial charge in [0.1, 0.15) is 5.82 Å². The number of hydrogen-bond donors (Lipinski definition) is 1. The first-order valence-electron chi connectivity index (χ1n) is 4.99. The lowest BCUT2D eigenvalue weighted by Crippen LogP contribution is -2.21. The normalized spacial score (nSPS) is 22.6. The van der Waals surface area contributed by atoms with Gasteiger partial charge >= 0.3 is 0 Å². The van der Waals surface area contributed by atoms with E-state index < -0.39 is 21.5 Å². The third-order valence-corrected chi connectivity index (χ3v) is 4.65. The van der Waals surface area contributed by atoms with Gasteiger partial charge in [0, 0.05) is 12.1 Å². The monoisotopic (exact) mass is 281 g/mol. The predicted molar refractivity (Wildman–Crippen MR) is 62.0 cm³/mol. The van der Waals surface area contributed by atoms with Crippen molar-refractivity contribution in [1.29, 1.82) is 0 Å². The molecule has 1 heterocycles. The predicted octanol–water partition coefficient (Wildman–Crippen LogP) is 2.22. The topological polar surface area (TPSA) is 46.2 Å². The number of rotatable bonds is 2. The number of halogens is 3. The van der Waals surface area contributed by atoms with Crippen molar-refractivity contribution in [2.24, 2.45) is 0 Å². The summed E-state index contributed by atoms with van der Waals surface area (Å²) in [6.45, 7) is 0. The third-order valence-electron chi connectivity index (χ3n) is 2.59. The van der Waals surface area contributed by atoms with Gasteiger partial charge in [-0.25, -0.2) is 17.2 Å². The summed E-state index contributed by atoms with van der Waals surface area (Å²) in [6, 6.07) is 1.31. The summed E-state index contributed by atoms with van der Waals surface area (Å²) in [7, 11) is -3.05. The van der Waals surface area contributed by atoms with Crippen LogP contribution in [-0.2, 0) is 9.84 Å². The van der Waals surface area contributed by atoms with Gasteiger partial charge in [-0.1, -0.05) is 11.6 Å². The van der Waals surface area contributed by atoms with Gasteiger partial charge in [0.2, 0.25) is 0 Å². The van der Waals surface area contributed by atoms with Crippen LogP contribution in [0.3, 0.4) is 0 Å². The Morgan fingerprint density at radius 2 is 2.06 bits per heavy atom. The zero-order valence-electron chi connectivity index (χ0n) is 8.71. The molecule has 1 aromatic carbocycles. The van der Waals surface area contributed by atoms with Crippen LogP contribution in [0, 0.1) is 11.6 Å². The molecule has 94 valence electrons. The molecular formula is C10H10ClF2NO2S. The standard InChI is InChI=1S/C10H10ClF2NO2S/c11-8-3-6(12)4-9(13)10(8)14-7-1-2-17(15,16)5-7/h3-4,7,14H,1-2,5H2. The van der Waals surface area contributed by atoms with Crippen LogP contribution in [0.5, 0.6) is 0 Å². The molecule has 1 atom stereocenters. The fourth-order valence-corrected chi connectivity index (χ4v) is 3.72. The molecule has 17 heavy (non-hydrogen) atoms. The Bertz CT molecular complexity index is 524. The second-order valence-corrected chi connectivity index (χ2v) is 6.62. The van der Waals surface area contributed by atoms with Gasteiger partial charge in [0.05, 0.1) is 22.2 Å². The molecule has 0 amide bonds. The molecule has 1 unspecified atom stereocenters. The molecule has 0 bridgehead atoms. The van der Waals surface area contributed by atoms with E-state index in [1.807, 2.05) is 0 Å². The SMILES string of the molecule is O=S1(=O)CCC(Nc2c(F)cc(F)cc2Cl)C1. The molecule has 1 N–H and O–H groups in total. The van der Waals surface area contributed by atoms with Crippen LogP contribution in [0.1, 0.15) is 6.42 Å². The van der Waals surface area contributed by atoms with E-state index in [1.54, 1.807) is 0 Å². The van der Waals surface area contributed by atoms with Crippen LogP contribution in [-0.4, -0.2) is 26.0 Å². The summed E-state index contributed by atoms with van der Waals surface area (Å²) >= 11 is 5.69. The fraction of sp³-hybridized carbons (Fsp3) is 0.400. The summed E-state index contributed by atoms with van der Waals surface area (Å²) in [4.78, 5) is 0. The number of nitrogens with one attached hydrogen (secondary N) is 1. The summed E-state index contributed by atoms with van der Waals surface area (Å²) in [5, 5.41) is 2.62. The van der Waals surface area contributed by atoms with Crippen LogP contribution in [0.2, 0.25) is 5.02 Å². The molecule has 0 aromatic heterocycles. The van der Waals surface area contributed by atoms with E-state index in [0.717, 1.165) is 6.07 Å². The molecule has 0 radical (unpaired) electrons. The number of sulfone groups is 1. The van der Waals surface area contributed by atoms with Gasteiger partial charge in [-0.3, -0.25) is 0 Å². The van der Waals surface area contributed by atoms with Gasteiger partial charge in [0.15, 0.2) is 15.7 Å². The maximum absolute atomic E-state index is 13.4. The summed E-state index contributed by atoms with van der Waals surface area (Å²) in [5.74, 6) is -1.57. The van der Waals surface area contributed by atoms with E-state index in [0.29, 0.717) is 12.5 Å². The fourth-order valence-electron chi connectivity index (χ4n) is 1.79. The summed E-state index contributed by atoms with van der Waals surface area (Å²) in [6.07, 6.45) is 0.398. The molecule has 0 spiro atoms. The van der Waals surface area contributed by atoms with Gasteiger partial charge in [-0.2, -0.15) is 0 Å². The Hall–Kier alpha value is -0.880. The molecule has 7 heteroatoms. The first-order valence-corrected chi connectivity index (χ1v) is 7.19. The van der Waals surface area contributed by atoms with Crippen LogP contribution >= 0.6 is 11.6 Å². The maximum atomic E-state index is 13.4. The quantitative estimate of drug-likeness (QED) is 0.904. The minimum atomic E-state index is -3.05. The molecule has 1 fully saturated rings. The van der Waals surface area contributed by atoms with Gasteiger partial charge in [-0.15, -0.1) is 0 Å². The van der Waals surface area contributed by atoms with E-state index in [9.17, 15) is 17.2 Å². The largest absolute Gasteiger partial charge is 0.378 e. The van der Waals surface area contributed by atoms with Crippen molar-refractivity contribution in [2.45, 2.75) is 12.5 Å². The highest BCUT2D eigenvalue weighted by Gasteiger charge is 2.28. The highest BCUT2D eigenvalue weighted by molar-refractivity contribution is 7.91. The van der Waals surface area contributed by atoms with E-state index in [2.05, 4.69) is 5.32 Å². The molecule has 0 saturated carbocycles. The molecule has 1 aliphatic rings. The zero-order valence-corrected chi connectivity index (χ0v) is 10.3. The Morgan fingerprint density at radius 1 is 1.35 bits per heavy atom. The molecule has 1 aliphatic heterocycles. The van der Waals surface area contributed by atoms with E-state index in [-0.39, 0.29) is 28.3 Å². The molecule has 3 nitrogen and oxygen atoms in total. The molecule has 1 aromatic rings. The lowest BCUT2D eigenvalue weighted by Gasteiger charge is -2.14. The van der Waals surface area contributed by atoms with Crippen molar-refractivity contribution < 1.29 is 17.2 Å². The van der Waals surface area contributed by atoms with Crippen molar-refractivity contribution in [2.75, 3.05) is 16.8 Å². The second-order valence-electron chi connectivity index (χ2n) is 3.99. The Kier molecular flexibility index (Phi) is 3.27. The van der Waals surface area contributed by atoms with Crippen molar-refractivity contribution in [3.8, 4) is 0 Å². The van der Waals surface area contributed by atoms with E-state index >= 15 is 0 Å². The highest BCUT2D eigenvalue weighted by Crippen LogP contribution is 2.28. The first-order chi connectivity index (χ1) is 7.87. The van der Waals surface area contributed by atoms with Crippen molar-refractivity contribution in [3.63, 3.8) is 0 Å². The maximum Gasteiger partial charge on any atom is 0.152 e. The molecule has 0 aliphatic carbocycles.